The first-order chi connectivity index (χ1) is 15.6. The Morgan fingerprint density at radius 3 is 1.97 bits per heavy atom. The van der Waals surface area contributed by atoms with E-state index in [0.717, 1.165) is 19.3 Å². The Morgan fingerprint density at radius 1 is 0.875 bits per heavy atom. The Hall–Kier alpha value is -2.98. The van der Waals surface area contributed by atoms with Crippen molar-refractivity contribution in [2.75, 3.05) is 14.1 Å². The zero-order valence-electron chi connectivity index (χ0n) is 18.8. The molecule has 4 heteroatoms. The molecule has 0 saturated heterocycles. The van der Waals surface area contributed by atoms with Gasteiger partial charge in [0.15, 0.2) is 0 Å². The second-order valence-corrected chi connectivity index (χ2v) is 9.66. The quantitative estimate of drug-likeness (QED) is 0.635. The minimum Gasteiger partial charge on any atom is -0.349 e. The second-order valence-electron chi connectivity index (χ2n) is 9.66. The molecule has 1 heterocycles. The van der Waals surface area contributed by atoms with Gasteiger partial charge < -0.3 is 10.2 Å². The zero-order chi connectivity index (χ0) is 22.1. The Bertz CT molecular complexity index is 1000. The van der Waals surface area contributed by atoms with E-state index in [1.807, 2.05) is 12.1 Å². The predicted molar refractivity (Wildman–Crippen MR) is 128 cm³/mol. The lowest BCUT2D eigenvalue weighted by atomic mass is 9.51. The van der Waals surface area contributed by atoms with E-state index < -0.39 is 0 Å². The molecule has 4 nitrogen and oxygen atoms in total. The SMILES string of the molecule is CN(C)C12C[C@H](NC(=O)c3cccnc3)C([C@H](c3ccccc3)C1)[C@H](c1ccccc1)C2. The van der Waals surface area contributed by atoms with E-state index in [4.69, 9.17) is 0 Å². The molecule has 0 radical (unpaired) electrons. The van der Waals surface area contributed by atoms with Crippen LogP contribution < -0.4 is 5.32 Å². The summed E-state index contributed by atoms with van der Waals surface area (Å²) in [5.41, 5.74) is 3.43. The molecule has 3 aliphatic carbocycles. The molecule has 3 aliphatic rings. The van der Waals surface area contributed by atoms with Gasteiger partial charge in [0.1, 0.15) is 0 Å². The van der Waals surface area contributed by atoms with Gasteiger partial charge >= 0.3 is 0 Å². The zero-order valence-corrected chi connectivity index (χ0v) is 18.8. The molecule has 3 saturated carbocycles. The van der Waals surface area contributed by atoms with E-state index in [1.54, 1.807) is 12.4 Å². The van der Waals surface area contributed by atoms with E-state index in [1.165, 1.54) is 11.1 Å². The summed E-state index contributed by atoms with van der Waals surface area (Å²) in [6, 6.07) is 25.5. The fourth-order valence-electron chi connectivity index (χ4n) is 6.25. The summed E-state index contributed by atoms with van der Waals surface area (Å²) in [6.07, 6.45) is 6.58. The number of nitrogens with one attached hydrogen (secondary N) is 1. The maximum absolute atomic E-state index is 13.2. The molecule has 0 unspecified atom stereocenters. The molecule has 3 atom stereocenters. The van der Waals surface area contributed by atoms with Crippen molar-refractivity contribution in [3.63, 3.8) is 0 Å². The van der Waals surface area contributed by atoms with Crippen molar-refractivity contribution >= 4 is 5.91 Å². The van der Waals surface area contributed by atoms with Gasteiger partial charge in [0.25, 0.3) is 5.91 Å². The number of nitrogens with zero attached hydrogens (tertiary/aromatic N) is 2. The first-order valence-corrected chi connectivity index (χ1v) is 11.6. The molecule has 1 N–H and O–H groups in total. The van der Waals surface area contributed by atoms with Gasteiger partial charge in [-0.25, -0.2) is 0 Å². The van der Waals surface area contributed by atoms with Gasteiger partial charge in [0.05, 0.1) is 5.56 Å². The van der Waals surface area contributed by atoms with Crippen LogP contribution in [0.25, 0.3) is 0 Å². The van der Waals surface area contributed by atoms with Crippen molar-refractivity contribution < 1.29 is 4.79 Å². The molecule has 1 amide bonds. The van der Waals surface area contributed by atoms with E-state index in [0.29, 0.717) is 23.3 Å². The number of fused-ring (bicyclic) bond motifs is 3. The van der Waals surface area contributed by atoms with Crippen molar-refractivity contribution in [3.8, 4) is 0 Å². The summed E-state index contributed by atoms with van der Waals surface area (Å²) in [5.74, 6) is 1.11. The molecule has 1 aromatic heterocycles. The molecule has 3 aromatic rings. The van der Waals surface area contributed by atoms with Crippen LogP contribution in [0.4, 0.5) is 0 Å². The largest absolute Gasteiger partial charge is 0.349 e. The second kappa shape index (κ2) is 8.51. The average molecular weight is 426 g/mol. The van der Waals surface area contributed by atoms with Crippen molar-refractivity contribution in [3.05, 3.63) is 102 Å². The first-order valence-electron chi connectivity index (χ1n) is 11.6. The van der Waals surface area contributed by atoms with Gasteiger partial charge in [-0.15, -0.1) is 0 Å². The van der Waals surface area contributed by atoms with Crippen molar-refractivity contribution in [1.82, 2.24) is 15.2 Å². The van der Waals surface area contributed by atoms with Crippen LogP contribution >= 0.6 is 0 Å². The summed E-state index contributed by atoms with van der Waals surface area (Å²) >= 11 is 0. The highest BCUT2D eigenvalue weighted by molar-refractivity contribution is 5.94. The van der Waals surface area contributed by atoms with Crippen LogP contribution in [0.1, 0.15) is 52.6 Å². The topological polar surface area (TPSA) is 45.2 Å². The minimum atomic E-state index is -0.0248. The third kappa shape index (κ3) is 3.73. The summed E-state index contributed by atoms with van der Waals surface area (Å²) < 4.78 is 0. The van der Waals surface area contributed by atoms with Gasteiger partial charge in [-0.1, -0.05) is 60.7 Å². The molecule has 0 aliphatic heterocycles. The Balaban J connectivity index is 1.57. The third-order valence-corrected chi connectivity index (χ3v) is 7.84. The van der Waals surface area contributed by atoms with Crippen molar-refractivity contribution in [2.24, 2.45) is 5.92 Å². The first kappa shape index (κ1) is 20.9. The maximum Gasteiger partial charge on any atom is 0.253 e. The number of hydrogen-bond acceptors (Lipinski definition) is 3. The van der Waals surface area contributed by atoms with Gasteiger partial charge in [-0.05, 0) is 74.4 Å². The molecule has 2 bridgehead atoms. The maximum atomic E-state index is 13.2. The van der Waals surface area contributed by atoms with Crippen LogP contribution in [0, 0.1) is 5.92 Å². The Morgan fingerprint density at radius 2 is 1.47 bits per heavy atom. The lowest BCUT2D eigenvalue weighted by Gasteiger charge is -2.61. The summed E-state index contributed by atoms with van der Waals surface area (Å²) in [4.78, 5) is 19.7. The van der Waals surface area contributed by atoms with Gasteiger partial charge in [0.2, 0.25) is 0 Å². The van der Waals surface area contributed by atoms with Crippen molar-refractivity contribution in [2.45, 2.75) is 42.7 Å². The summed E-state index contributed by atoms with van der Waals surface area (Å²) in [5, 5.41) is 3.44. The normalized spacial score (nSPS) is 29.1. The lowest BCUT2D eigenvalue weighted by molar-refractivity contribution is -0.0301. The monoisotopic (exact) mass is 425 g/mol. The number of carbonyl (C=O) groups is 1. The highest BCUT2D eigenvalue weighted by Crippen LogP contribution is 2.59. The smallest absolute Gasteiger partial charge is 0.253 e. The molecule has 0 spiro atoms. The number of carbonyl (C=O) groups excluding carboxylic acids is 1. The van der Waals surface area contributed by atoms with E-state index in [9.17, 15) is 4.79 Å². The number of rotatable bonds is 5. The van der Waals surface area contributed by atoms with E-state index in [-0.39, 0.29) is 17.5 Å². The fourth-order valence-corrected chi connectivity index (χ4v) is 6.25. The molecule has 2 aromatic carbocycles. The summed E-state index contributed by atoms with van der Waals surface area (Å²) in [6.45, 7) is 0. The predicted octanol–water partition coefficient (Wildman–Crippen LogP) is 4.86. The van der Waals surface area contributed by atoms with Crippen LogP contribution in [-0.4, -0.2) is 41.5 Å². The molecular weight excluding hydrogens is 394 g/mol. The Kier molecular flexibility index (Phi) is 5.56. The van der Waals surface area contributed by atoms with Crippen LogP contribution in [0.3, 0.4) is 0 Å². The third-order valence-electron chi connectivity index (χ3n) is 7.84. The molecule has 164 valence electrons. The lowest BCUT2D eigenvalue weighted by Crippen LogP contribution is -2.64. The van der Waals surface area contributed by atoms with Crippen LogP contribution in [0.2, 0.25) is 0 Å². The molecule has 3 fully saturated rings. The van der Waals surface area contributed by atoms with Crippen molar-refractivity contribution in [1.29, 1.82) is 0 Å². The number of pyridine rings is 1. The van der Waals surface area contributed by atoms with E-state index >= 15 is 0 Å². The van der Waals surface area contributed by atoms with Gasteiger partial charge in [-0.3, -0.25) is 9.78 Å². The van der Waals surface area contributed by atoms with Gasteiger partial charge in [-0.2, -0.15) is 0 Å². The van der Waals surface area contributed by atoms with Crippen LogP contribution in [-0.2, 0) is 0 Å². The van der Waals surface area contributed by atoms with E-state index in [2.05, 4.69) is 90.0 Å². The average Bonchev–Trinajstić information content (AvgIpc) is 2.85. The number of hydrogen-bond donors (Lipinski definition) is 1. The van der Waals surface area contributed by atoms with Crippen LogP contribution in [0.5, 0.6) is 0 Å². The number of amides is 1. The van der Waals surface area contributed by atoms with Crippen LogP contribution in [0.15, 0.2) is 85.2 Å². The molecular formula is C28H31N3O. The standard InChI is InChI=1S/C28H31N3O/c1-31(2)28-16-23(20-10-5-3-6-11-20)26(24(17-28)21-12-7-4-8-13-21)25(18-28)30-27(32)22-14-9-15-29-19-22/h3-15,19,23-26H,16-18H2,1-2H3,(H,30,32)/t23-,24-,25-,26?,28?/m0/s1. The summed E-state index contributed by atoms with van der Waals surface area (Å²) in [7, 11) is 4.41. The Labute approximate surface area is 190 Å². The minimum absolute atomic E-state index is 0.0248. The number of benzene rings is 2. The fraction of sp³-hybridized carbons (Fsp3) is 0.357. The highest BCUT2D eigenvalue weighted by atomic mass is 16.1. The molecule has 6 rings (SSSR count). The van der Waals surface area contributed by atoms with Gasteiger partial charge in [0, 0.05) is 24.0 Å². The number of aromatic nitrogens is 1. The molecule has 32 heavy (non-hydrogen) atoms. The highest BCUT2D eigenvalue weighted by Gasteiger charge is 2.57.